The highest BCUT2D eigenvalue weighted by atomic mass is 16.5. The summed E-state index contributed by atoms with van der Waals surface area (Å²) in [5.41, 5.74) is 4.82. The molecule has 1 aromatic carbocycles. The number of aromatic nitrogens is 1. The molecule has 0 radical (unpaired) electrons. The number of hydrogen-bond donors (Lipinski definition) is 0. The van der Waals surface area contributed by atoms with E-state index in [-0.39, 0.29) is 0 Å². The van der Waals surface area contributed by atoms with Gasteiger partial charge in [0.25, 0.3) is 0 Å². The van der Waals surface area contributed by atoms with Crippen molar-refractivity contribution in [2.75, 3.05) is 7.11 Å². The van der Waals surface area contributed by atoms with Crippen LogP contribution in [0, 0.1) is 13.8 Å². The molecule has 2 aromatic rings. The van der Waals surface area contributed by atoms with Crippen LogP contribution in [0.1, 0.15) is 11.1 Å². The number of ether oxygens (including phenoxy) is 1. The minimum atomic E-state index is 0.814. The summed E-state index contributed by atoms with van der Waals surface area (Å²) in [5, 5.41) is 0. The number of rotatable bonds is 2. The van der Waals surface area contributed by atoms with E-state index in [4.69, 9.17) is 4.74 Å². The standard InChI is InChI=1S/C14H15NO/c1-10-4-5-12(11(2)8-10)13-6-7-15-9-14(13)16-3/h4-9H,1-3H3. The molecule has 0 aliphatic heterocycles. The van der Waals surface area contributed by atoms with Gasteiger partial charge in [-0.1, -0.05) is 23.8 Å². The van der Waals surface area contributed by atoms with Crippen LogP contribution >= 0.6 is 0 Å². The number of pyridine rings is 1. The van der Waals surface area contributed by atoms with Gasteiger partial charge in [-0.05, 0) is 31.0 Å². The van der Waals surface area contributed by atoms with Crippen molar-refractivity contribution in [2.24, 2.45) is 0 Å². The number of aryl methyl sites for hydroxylation is 2. The molecule has 2 heteroatoms. The van der Waals surface area contributed by atoms with Crippen LogP contribution in [0.2, 0.25) is 0 Å². The van der Waals surface area contributed by atoms with Gasteiger partial charge in [0.1, 0.15) is 5.75 Å². The Morgan fingerprint density at radius 2 is 1.88 bits per heavy atom. The van der Waals surface area contributed by atoms with Gasteiger partial charge in [0.2, 0.25) is 0 Å². The Kier molecular flexibility index (Phi) is 2.91. The van der Waals surface area contributed by atoms with E-state index in [9.17, 15) is 0 Å². The molecule has 0 amide bonds. The molecule has 2 nitrogen and oxygen atoms in total. The van der Waals surface area contributed by atoms with E-state index in [1.54, 1.807) is 19.5 Å². The van der Waals surface area contributed by atoms with E-state index in [1.807, 2.05) is 6.07 Å². The molecule has 0 aliphatic rings. The zero-order chi connectivity index (χ0) is 11.5. The van der Waals surface area contributed by atoms with Gasteiger partial charge >= 0.3 is 0 Å². The number of methoxy groups -OCH3 is 1. The van der Waals surface area contributed by atoms with Crippen molar-refractivity contribution in [3.8, 4) is 16.9 Å². The fourth-order valence-electron chi connectivity index (χ4n) is 1.88. The predicted molar refractivity (Wildman–Crippen MR) is 65.7 cm³/mol. The zero-order valence-corrected chi connectivity index (χ0v) is 9.82. The van der Waals surface area contributed by atoms with Crippen molar-refractivity contribution in [3.05, 3.63) is 47.8 Å². The Bertz CT molecular complexity index is 506. The normalized spacial score (nSPS) is 10.2. The van der Waals surface area contributed by atoms with Gasteiger partial charge in [-0.3, -0.25) is 4.98 Å². The summed E-state index contributed by atoms with van der Waals surface area (Å²) < 4.78 is 5.32. The Morgan fingerprint density at radius 3 is 2.56 bits per heavy atom. The summed E-state index contributed by atoms with van der Waals surface area (Å²) in [6.07, 6.45) is 3.53. The third-order valence-corrected chi connectivity index (χ3v) is 2.68. The SMILES string of the molecule is COc1cnccc1-c1ccc(C)cc1C. The summed E-state index contributed by atoms with van der Waals surface area (Å²) in [7, 11) is 1.67. The third-order valence-electron chi connectivity index (χ3n) is 2.68. The summed E-state index contributed by atoms with van der Waals surface area (Å²) >= 11 is 0. The van der Waals surface area contributed by atoms with Crippen LogP contribution in [0.5, 0.6) is 5.75 Å². The second kappa shape index (κ2) is 4.35. The van der Waals surface area contributed by atoms with Crippen molar-refractivity contribution in [3.63, 3.8) is 0 Å². The minimum absolute atomic E-state index is 0.814. The molecule has 82 valence electrons. The van der Waals surface area contributed by atoms with E-state index >= 15 is 0 Å². The molecule has 1 heterocycles. The highest BCUT2D eigenvalue weighted by Crippen LogP contribution is 2.31. The van der Waals surface area contributed by atoms with Gasteiger partial charge in [0.05, 0.1) is 13.3 Å². The molecule has 0 spiro atoms. The van der Waals surface area contributed by atoms with E-state index in [0.29, 0.717) is 0 Å². The maximum atomic E-state index is 5.32. The number of benzene rings is 1. The van der Waals surface area contributed by atoms with Crippen molar-refractivity contribution < 1.29 is 4.74 Å². The first-order valence-electron chi connectivity index (χ1n) is 5.28. The van der Waals surface area contributed by atoms with Gasteiger partial charge in [0, 0.05) is 11.8 Å². The zero-order valence-electron chi connectivity index (χ0n) is 9.82. The van der Waals surface area contributed by atoms with E-state index in [2.05, 4.69) is 37.0 Å². The molecular weight excluding hydrogens is 198 g/mol. The molecule has 0 saturated carbocycles. The van der Waals surface area contributed by atoms with Gasteiger partial charge in [-0.25, -0.2) is 0 Å². The fourth-order valence-corrected chi connectivity index (χ4v) is 1.88. The van der Waals surface area contributed by atoms with Crippen LogP contribution in [0.4, 0.5) is 0 Å². The van der Waals surface area contributed by atoms with E-state index < -0.39 is 0 Å². The average Bonchev–Trinajstić information content (AvgIpc) is 2.29. The van der Waals surface area contributed by atoms with Crippen LogP contribution < -0.4 is 4.74 Å². The third kappa shape index (κ3) is 1.91. The molecule has 2 rings (SSSR count). The van der Waals surface area contributed by atoms with Crippen LogP contribution in [-0.2, 0) is 0 Å². The lowest BCUT2D eigenvalue weighted by Crippen LogP contribution is -1.91. The second-order valence-electron chi connectivity index (χ2n) is 3.89. The quantitative estimate of drug-likeness (QED) is 0.763. The molecule has 0 aliphatic carbocycles. The molecular formula is C14H15NO. The molecule has 0 fully saturated rings. The minimum Gasteiger partial charge on any atom is -0.494 e. The van der Waals surface area contributed by atoms with Crippen LogP contribution in [0.15, 0.2) is 36.7 Å². The summed E-state index contributed by atoms with van der Waals surface area (Å²) in [6.45, 7) is 4.21. The van der Waals surface area contributed by atoms with Gasteiger partial charge < -0.3 is 4.74 Å². The maximum absolute atomic E-state index is 5.32. The monoisotopic (exact) mass is 213 g/mol. The van der Waals surface area contributed by atoms with E-state index in [0.717, 1.165) is 11.3 Å². The highest BCUT2D eigenvalue weighted by molar-refractivity contribution is 5.72. The number of nitrogens with zero attached hydrogens (tertiary/aromatic N) is 1. The molecule has 0 N–H and O–H groups in total. The Labute approximate surface area is 95.9 Å². The van der Waals surface area contributed by atoms with Gasteiger partial charge in [0.15, 0.2) is 0 Å². The van der Waals surface area contributed by atoms with E-state index in [1.165, 1.54) is 16.7 Å². The lowest BCUT2D eigenvalue weighted by Gasteiger charge is -2.10. The summed E-state index contributed by atoms with van der Waals surface area (Å²) in [6, 6.07) is 8.40. The van der Waals surface area contributed by atoms with Crippen molar-refractivity contribution >= 4 is 0 Å². The van der Waals surface area contributed by atoms with Crippen molar-refractivity contribution in [1.29, 1.82) is 0 Å². The van der Waals surface area contributed by atoms with Crippen LogP contribution in [-0.4, -0.2) is 12.1 Å². The molecule has 0 atom stereocenters. The molecule has 0 saturated heterocycles. The Balaban J connectivity index is 2.58. The predicted octanol–water partition coefficient (Wildman–Crippen LogP) is 3.37. The Morgan fingerprint density at radius 1 is 1.06 bits per heavy atom. The van der Waals surface area contributed by atoms with Crippen molar-refractivity contribution in [2.45, 2.75) is 13.8 Å². The molecule has 1 aromatic heterocycles. The lowest BCUT2D eigenvalue weighted by atomic mass is 9.99. The first-order valence-corrected chi connectivity index (χ1v) is 5.28. The molecule has 0 bridgehead atoms. The van der Waals surface area contributed by atoms with Gasteiger partial charge in [-0.15, -0.1) is 0 Å². The Hall–Kier alpha value is -1.83. The first-order chi connectivity index (χ1) is 7.72. The second-order valence-corrected chi connectivity index (χ2v) is 3.89. The summed E-state index contributed by atoms with van der Waals surface area (Å²) in [4.78, 5) is 4.06. The van der Waals surface area contributed by atoms with Crippen LogP contribution in [0.25, 0.3) is 11.1 Å². The maximum Gasteiger partial charge on any atom is 0.144 e. The molecule has 0 unspecified atom stereocenters. The topological polar surface area (TPSA) is 22.1 Å². The first kappa shape index (κ1) is 10.7. The smallest absolute Gasteiger partial charge is 0.144 e. The average molecular weight is 213 g/mol. The van der Waals surface area contributed by atoms with Gasteiger partial charge in [-0.2, -0.15) is 0 Å². The van der Waals surface area contributed by atoms with Crippen LogP contribution in [0.3, 0.4) is 0 Å². The fraction of sp³-hybridized carbons (Fsp3) is 0.214. The van der Waals surface area contributed by atoms with Crippen molar-refractivity contribution in [1.82, 2.24) is 4.98 Å². The lowest BCUT2D eigenvalue weighted by molar-refractivity contribution is 0.414. The largest absolute Gasteiger partial charge is 0.494 e. The highest BCUT2D eigenvalue weighted by Gasteiger charge is 2.07. The summed E-state index contributed by atoms with van der Waals surface area (Å²) in [5.74, 6) is 0.814. The number of hydrogen-bond acceptors (Lipinski definition) is 2. The molecule has 16 heavy (non-hydrogen) atoms.